The number of nitrogens with zero attached hydrogens (tertiary/aromatic N) is 4. The first kappa shape index (κ1) is 34.9. The Hall–Kier alpha value is -7.56. The molecule has 0 bridgehead atoms. The van der Waals surface area contributed by atoms with Gasteiger partial charge in [0.2, 0.25) is 0 Å². The molecule has 2 aromatic heterocycles. The summed E-state index contributed by atoms with van der Waals surface area (Å²) in [6, 6.07) is 73.4. The van der Waals surface area contributed by atoms with E-state index in [-0.39, 0.29) is 0 Å². The van der Waals surface area contributed by atoms with Crippen molar-refractivity contribution in [1.82, 2.24) is 14.5 Å². The van der Waals surface area contributed by atoms with Crippen LogP contribution in [-0.4, -0.2) is 14.5 Å². The number of para-hydroxylation sites is 3. The maximum absolute atomic E-state index is 5.07. The van der Waals surface area contributed by atoms with Crippen LogP contribution in [0.4, 0.5) is 17.1 Å². The van der Waals surface area contributed by atoms with E-state index in [0.29, 0.717) is 0 Å². The molecule has 0 aliphatic heterocycles. The topological polar surface area (TPSA) is 34.0 Å². The molecule has 0 aliphatic carbocycles. The third-order valence-electron chi connectivity index (χ3n) is 11.0. The first-order chi connectivity index (χ1) is 28.6. The number of hydrogen-bond acceptors (Lipinski definition) is 3. The normalized spacial score (nSPS) is 11.3. The Labute approximate surface area is 339 Å². The van der Waals surface area contributed by atoms with Crippen molar-refractivity contribution in [3.8, 4) is 50.7 Å². The fourth-order valence-electron chi connectivity index (χ4n) is 7.91. The second kappa shape index (κ2) is 14.8. The Balaban J connectivity index is 0.989. The summed E-state index contributed by atoms with van der Waals surface area (Å²) >= 11 is 0. The molecule has 0 atom stereocenters. The van der Waals surface area contributed by atoms with Crippen molar-refractivity contribution >= 4 is 38.9 Å². The summed E-state index contributed by atoms with van der Waals surface area (Å²) in [5.41, 5.74) is 16.5. The van der Waals surface area contributed by atoms with E-state index in [1.54, 1.807) is 0 Å². The van der Waals surface area contributed by atoms with Crippen molar-refractivity contribution in [2.75, 3.05) is 4.90 Å². The third-order valence-corrected chi connectivity index (χ3v) is 11.0. The van der Waals surface area contributed by atoms with Gasteiger partial charge < -0.3 is 9.47 Å². The highest BCUT2D eigenvalue weighted by molar-refractivity contribution is 6.10. The number of aromatic nitrogens is 3. The van der Waals surface area contributed by atoms with E-state index < -0.39 is 0 Å². The van der Waals surface area contributed by atoms with E-state index in [0.717, 1.165) is 67.8 Å². The van der Waals surface area contributed by atoms with Gasteiger partial charge in [0, 0.05) is 50.2 Å². The molecule has 0 radical (unpaired) electrons. The fourth-order valence-corrected chi connectivity index (χ4v) is 7.91. The highest BCUT2D eigenvalue weighted by Crippen LogP contribution is 2.40. The molecule has 2 heterocycles. The lowest BCUT2D eigenvalue weighted by molar-refractivity contribution is 1.18. The van der Waals surface area contributed by atoms with E-state index >= 15 is 0 Å². The maximum Gasteiger partial charge on any atom is 0.160 e. The van der Waals surface area contributed by atoms with Gasteiger partial charge >= 0.3 is 0 Å². The van der Waals surface area contributed by atoms with Crippen LogP contribution in [0.1, 0.15) is 11.1 Å². The molecule has 0 saturated heterocycles. The highest BCUT2D eigenvalue weighted by Gasteiger charge is 2.17. The molecule has 0 amide bonds. The van der Waals surface area contributed by atoms with Gasteiger partial charge in [0.05, 0.1) is 22.4 Å². The molecular weight excluding hydrogens is 705 g/mol. The lowest BCUT2D eigenvalue weighted by Crippen LogP contribution is -2.09. The van der Waals surface area contributed by atoms with E-state index in [4.69, 9.17) is 9.97 Å². The number of rotatable bonds is 8. The van der Waals surface area contributed by atoms with Crippen LogP contribution in [0.15, 0.2) is 206 Å². The number of benzene rings is 8. The molecule has 4 heteroatoms. The van der Waals surface area contributed by atoms with Crippen molar-refractivity contribution in [2.45, 2.75) is 13.8 Å². The molecule has 0 fully saturated rings. The predicted octanol–water partition coefficient (Wildman–Crippen LogP) is 14.3. The molecule has 0 saturated carbocycles. The molecule has 10 rings (SSSR count). The highest BCUT2D eigenvalue weighted by atomic mass is 15.1. The maximum atomic E-state index is 5.07. The molecule has 0 N–H and O–H groups in total. The largest absolute Gasteiger partial charge is 0.310 e. The summed E-state index contributed by atoms with van der Waals surface area (Å²) in [5, 5.41) is 2.44. The third kappa shape index (κ3) is 6.61. The number of fused-ring (bicyclic) bond motifs is 3. The van der Waals surface area contributed by atoms with Crippen LogP contribution < -0.4 is 4.90 Å². The van der Waals surface area contributed by atoms with Crippen LogP contribution >= 0.6 is 0 Å². The number of hydrogen-bond donors (Lipinski definition) is 0. The molecule has 4 nitrogen and oxygen atoms in total. The molecule has 8 aromatic carbocycles. The second-order valence-electron chi connectivity index (χ2n) is 14.9. The minimum atomic E-state index is 0.721. The van der Waals surface area contributed by atoms with E-state index in [2.05, 4.69) is 230 Å². The monoisotopic (exact) mass is 744 g/mol. The first-order valence-corrected chi connectivity index (χ1v) is 19.7. The Bertz CT molecular complexity index is 2920. The van der Waals surface area contributed by atoms with E-state index in [1.165, 1.54) is 32.9 Å². The first-order valence-electron chi connectivity index (χ1n) is 19.7. The minimum absolute atomic E-state index is 0.721. The fraction of sp³-hybridized carbons (Fsp3) is 0.0370. The van der Waals surface area contributed by atoms with Crippen molar-refractivity contribution in [3.05, 3.63) is 217 Å². The molecule has 0 aliphatic rings. The van der Waals surface area contributed by atoms with Gasteiger partial charge in [-0.2, -0.15) is 0 Å². The smallest absolute Gasteiger partial charge is 0.160 e. The van der Waals surface area contributed by atoms with Gasteiger partial charge in [0.15, 0.2) is 5.82 Å². The lowest BCUT2D eigenvalue weighted by Gasteiger charge is -2.25. The molecule has 58 heavy (non-hydrogen) atoms. The Morgan fingerprint density at radius 1 is 0.362 bits per heavy atom. The number of aryl methyl sites for hydroxylation is 2. The summed E-state index contributed by atoms with van der Waals surface area (Å²) in [6.45, 7) is 4.20. The second-order valence-corrected chi connectivity index (χ2v) is 14.9. The molecule has 0 spiro atoms. The van der Waals surface area contributed by atoms with Gasteiger partial charge in [-0.25, -0.2) is 9.97 Å². The molecular formula is C54H40N4. The number of anilines is 3. The Morgan fingerprint density at radius 2 is 0.828 bits per heavy atom. The average molecular weight is 745 g/mol. The lowest BCUT2D eigenvalue weighted by atomic mass is 10.0. The van der Waals surface area contributed by atoms with Crippen LogP contribution in [0.25, 0.3) is 72.5 Å². The minimum Gasteiger partial charge on any atom is -0.310 e. The van der Waals surface area contributed by atoms with Crippen LogP contribution in [0.2, 0.25) is 0 Å². The summed E-state index contributed by atoms with van der Waals surface area (Å²) in [5.74, 6) is 0.721. The standard InChI is InChI=1S/C54H40N4/c1-37-17-21-41(22-18-37)50-36-51(56-54(55-50)43-23-19-38(2)20-24-43)42-27-25-39(26-28-42)40-29-31-46(32-30-40)58-52-16-10-9-15-48(52)49-35-47(33-34-53(49)58)57(44-11-5-3-6-12-44)45-13-7-4-8-14-45/h3-36H,1-2H3. The predicted molar refractivity (Wildman–Crippen MR) is 242 cm³/mol. The average Bonchev–Trinajstić information content (AvgIpc) is 3.61. The zero-order valence-corrected chi connectivity index (χ0v) is 32.4. The Kier molecular flexibility index (Phi) is 8.92. The van der Waals surface area contributed by atoms with Gasteiger partial charge in [-0.1, -0.05) is 151 Å². The van der Waals surface area contributed by atoms with Gasteiger partial charge in [0.1, 0.15) is 0 Å². The summed E-state index contributed by atoms with van der Waals surface area (Å²) in [6.07, 6.45) is 0. The van der Waals surface area contributed by atoms with Gasteiger partial charge in [-0.15, -0.1) is 0 Å². The van der Waals surface area contributed by atoms with Crippen LogP contribution in [-0.2, 0) is 0 Å². The van der Waals surface area contributed by atoms with Crippen LogP contribution in [0.5, 0.6) is 0 Å². The van der Waals surface area contributed by atoms with Gasteiger partial charge in [-0.05, 0) is 91.7 Å². The van der Waals surface area contributed by atoms with Crippen LogP contribution in [0.3, 0.4) is 0 Å². The van der Waals surface area contributed by atoms with Crippen LogP contribution in [0, 0.1) is 13.8 Å². The molecule has 10 aromatic rings. The summed E-state index contributed by atoms with van der Waals surface area (Å²) in [7, 11) is 0. The van der Waals surface area contributed by atoms with Crippen molar-refractivity contribution in [2.24, 2.45) is 0 Å². The summed E-state index contributed by atoms with van der Waals surface area (Å²) in [4.78, 5) is 12.4. The molecule has 0 unspecified atom stereocenters. The quantitative estimate of drug-likeness (QED) is 0.155. The molecule has 276 valence electrons. The van der Waals surface area contributed by atoms with E-state index in [1.807, 2.05) is 0 Å². The van der Waals surface area contributed by atoms with E-state index in [9.17, 15) is 0 Å². The van der Waals surface area contributed by atoms with Gasteiger partial charge in [-0.3, -0.25) is 0 Å². The van der Waals surface area contributed by atoms with Crippen molar-refractivity contribution < 1.29 is 0 Å². The van der Waals surface area contributed by atoms with Gasteiger partial charge in [0.25, 0.3) is 0 Å². The zero-order valence-electron chi connectivity index (χ0n) is 32.4. The van der Waals surface area contributed by atoms with Crippen molar-refractivity contribution in [3.63, 3.8) is 0 Å². The van der Waals surface area contributed by atoms with Crippen molar-refractivity contribution in [1.29, 1.82) is 0 Å². The SMILES string of the molecule is Cc1ccc(-c2cc(-c3ccc(-c4ccc(-n5c6ccccc6c6cc(N(c7ccccc7)c7ccccc7)ccc65)cc4)cc3)nc(-c3ccc(C)cc3)n2)cc1. The zero-order chi connectivity index (χ0) is 39.0. The Morgan fingerprint density at radius 3 is 1.41 bits per heavy atom. The summed E-state index contributed by atoms with van der Waals surface area (Å²) < 4.78 is 2.38.